The Morgan fingerprint density at radius 1 is 1.20 bits per heavy atom. The summed E-state index contributed by atoms with van der Waals surface area (Å²) in [6.45, 7) is 4.18. The first-order valence-corrected chi connectivity index (χ1v) is 11.6. The largest absolute Gasteiger partial charge is 0.393 e. The molecule has 0 saturated carbocycles. The average Bonchev–Trinajstić information content (AvgIpc) is 2.67. The van der Waals surface area contributed by atoms with E-state index in [-0.39, 0.29) is 18.0 Å². The Balaban J connectivity index is 1.79. The van der Waals surface area contributed by atoms with Gasteiger partial charge in [-0.2, -0.15) is 0 Å². The Bertz CT molecular complexity index is 1030. The summed E-state index contributed by atoms with van der Waals surface area (Å²) in [4.78, 5) is 22.7. The number of carbonyl (C=O) groups excluding carboxylic acids is 1. The summed E-state index contributed by atoms with van der Waals surface area (Å²) in [6, 6.07) is 8.17. The Hall–Kier alpha value is -2.72. The smallest absolute Gasteiger partial charge is 0.321 e. The highest BCUT2D eigenvalue weighted by molar-refractivity contribution is 7.91. The summed E-state index contributed by atoms with van der Waals surface area (Å²) in [6.07, 6.45) is 1.96. The third-order valence-electron chi connectivity index (χ3n) is 5.44. The molecule has 2 amide bonds. The number of likely N-dealkylation sites (tertiary alicyclic amines) is 1. The first-order chi connectivity index (χ1) is 14.0. The summed E-state index contributed by atoms with van der Waals surface area (Å²) in [7, 11) is -3.42. The van der Waals surface area contributed by atoms with Crippen molar-refractivity contribution in [3.63, 3.8) is 0 Å². The van der Waals surface area contributed by atoms with E-state index in [1.54, 1.807) is 43.0 Å². The molecule has 1 fully saturated rings. The molecule has 0 aliphatic carbocycles. The van der Waals surface area contributed by atoms with E-state index in [9.17, 15) is 18.3 Å². The number of nitrogen functional groups attached to an aromatic ring is 1. The lowest BCUT2D eigenvalue weighted by Gasteiger charge is -2.29. The molecule has 0 spiro atoms. The molecule has 1 saturated heterocycles. The van der Waals surface area contributed by atoms with Crippen LogP contribution in [0.2, 0.25) is 0 Å². The number of nitrogens with two attached hydrogens (primary N) is 1. The fourth-order valence-corrected chi connectivity index (χ4v) is 3.55. The SMILES string of the molecule is CC(C)(c1cc(N)nc(-c2ccc(NC(=O)N3CCC(O)CC3)cc2)n1)S(C)(=O)=O. The Morgan fingerprint density at radius 2 is 1.80 bits per heavy atom. The van der Waals surface area contributed by atoms with Crippen LogP contribution in [0.1, 0.15) is 32.4 Å². The number of anilines is 2. The van der Waals surface area contributed by atoms with Gasteiger partial charge in [0.1, 0.15) is 10.6 Å². The zero-order valence-corrected chi connectivity index (χ0v) is 18.1. The molecule has 10 heteroatoms. The molecule has 0 radical (unpaired) electrons. The van der Waals surface area contributed by atoms with Crippen molar-refractivity contribution in [3.8, 4) is 11.4 Å². The number of amides is 2. The number of aliphatic hydroxyl groups is 1. The number of hydrogen-bond acceptors (Lipinski definition) is 7. The normalized spacial score (nSPS) is 15.8. The molecule has 1 aromatic carbocycles. The minimum Gasteiger partial charge on any atom is -0.393 e. The van der Waals surface area contributed by atoms with Crippen LogP contribution in [0, 0.1) is 0 Å². The maximum absolute atomic E-state index is 12.4. The summed E-state index contributed by atoms with van der Waals surface area (Å²) < 4.78 is 23.1. The number of urea groups is 1. The van der Waals surface area contributed by atoms with Crippen molar-refractivity contribution in [2.75, 3.05) is 30.4 Å². The van der Waals surface area contributed by atoms with E-state index in [1.165, 1.54) is 6.07 Å². The zero-order chi connectivity index (χ0) is 22.1. The third-order valence-corrected chi connectivity index (χ3v) is 7.50. The van der Waals surface area contributed by atoms with Gasteiger partial charge in [-0.05, 0) is 51.0 Å². The fraction of sp³-hybridized carbons (Fsp3) is 0.450. The van der Waals surface area contributed by atoms with E-state index < -0.39 is 14.6 Å². The molecule has 1 aliphatic heterocycles. The van der Waals surface area contributed by atoms with E-state index >= 15 is 0 Å². The van der Waals surface area contributed by atoms with Gasteiger partial charge >= 0.3 is 6.03 Å². The van der Waals surface area contributed by atoms with E-state index in [4.69, 9.17) is 5.73 Å². The second-order valence-electron chi connectivity index (χ2n) is 8.01. The number of nitrogens with zero attached hydrogens (tertiary/aromatic N) is 3. The topological polar surface area (TPSA) is 139 Å². The van der Waals surface area contributed by atoms with Crippen LogP contribution in [0.5, 0.6) is 0 Å². The lowest BCUT2D eigenvalue weighted by Crippen LogP contribution is -2.42. The van der Waals surface area contributed by atoms with E-state index in [2.05, 4.69) is 15.3 Å². The number of piperidine rings is 1. The van der Waals surface area contributed by atoms with Gasteiger partial charge < -0.3 is 21.1 Å². The first-order valence-electron chi connectivity index (χ1n) is 9.66. The van der Waals surface area contributed by atoms with Crippen molar-refractivity contribution < 1.29 is 18.3 Å². The second kappa shape index (κ2) is 8.19. The van der Waals surface area contributed by atoms with Gasteiger partial charge in [-0.1, -0.05) is 0 Å². The van der Waals surface area contributed by atoms with Crippen molar-refractivity contribution >= 4 is 27.4 Å². The molecule has 3 rings (SSSR count). The fourth-order valence-electron chi connectivity index (χ4n) is 3.07. The highest BCUT2D eigenvalue weighted by Crippen LogP contribution is 2.30. The van der Waals surface area contributed by atoms with Crippen LogP contribution in [0.25, 0.3) is 11.4 Å². The van der Waals surface area contributed by atoms with Crippen LogP contribution < -0.4 is 11.1 Å². The first kappa shape index (κ1) is 22.0. The molecule has 1 aromatic heterocycles. The van der Waals surface area contributed by atoms with Gasteiger partial charge in [-0.15, -0.1) is 0 Å². The maximum Gasteiger partial charge on any atom is 0.321 e. The van der Waals surface area contributed by atoms with Gasteiger partial charge in [0.25, 0.3) is 0 Å². The van der Waals surface area contributed by atoms with E-state index in [0.717, 1.165) is 6.26 Å². The molecule has 0 atom stereocenters. The van der Waals surface area contributed by atoms with Crippen LogP contribution >= 0.6 is 0 Å². The molecule has 0 unspecified atom stereocenters. The summed E-state index contributed by atoms with van der Waals surface area (Å²) in [5.74, 6) is 0.487. The number of benzene rings is 1. The number of aromatic nitrogens is 2. The van der Waals surface area contributed by atoms with Gasteiger partial charge in [-0.3, -0.25) is 0 Å². The predicted octanol–water partition coefficient (Wildman–Crippen LogP) is 1.99. The highest BCUT2D eigenvalue weighted by Gasteiger charge is 2.34. The molecular formula is C20H27N5O4S. The molecule has 9 nitrogen and oxygen atoms in total. The number of hydrogen-bond donors (Lipinski definition) is 3. The quantitative estimate of drug-likeness (QED) is 0.670. The molecule has 30 heavy (non-hydrogen) atoms. The van der Waals surface area contributed by atoms with Crippen LogP contribution in [0.3, 0.4) is 0 Å². The van der Waals surface area contributed by atoms with E-state index in [0.29, 0.717) is 48.7 Å². The molecule has 0 bridgehead atoms. The molecule has 2 aromatic rings. The van der Waals surface area contributed by atoms with Crippen molar-refractivity contribution in [2.45, 2.75) is 37.5 Å². The number of aliphatic hydroxyl groups excluding tert-OH is 1. The molecule has 162 valence electrons. The highest BCUT2D eigenvalue weighted by atomic mass is 32.2. The summed E-state index contributed by atoms with van der Waals surface area (Å²) in [5.41, 5.74) is 7.47. The van der Waals surface area contributed by atoms with Crippen molar-refractivity contribution in [1.29, 1.82) is 0 Å². The Kier molecular flexibility index (Phi) is 6.00. The number of carbonyl (C=O) groups is 1. The number of nitrogens with one attached hydrogen (secondary N) is 1. The lowest BCUT2D eigenvalue weighted by atomic mass is 10.1. The van der Waals surface area contributed by atoms with Gasteiger partial charge in [0.15, 0.2) is 15.7 Å². The van der Waals surface area contributed by atoms with E-state index in [1.807, 2.05) is 0 Å². The van der Waals surface area contributed by atoms with Crippen LogP contribution in [-0.2, 0) is 14.6 Å². The van der Waals surface area contributed by atoms with Crippen LogP contribution in [-0.4, -0.2) is 59.9 Å². The molecular weight excluding hydrogens is 406 g/mol. The Morgan fingerprint density at radius 3 is 2.37 bits per heavy atom. The second-order valence-corrected chi connectivity index (χ2v) is 10.6. The Labute approximate surface area is 176 Å². The minimum atomic E-state index is -3.42. The van der Waals surface area contributed by atoms with Gasteiger partial charge in [-0.25, -0.2) is 23.2 Å². The van der Waals surface area contributed by atoms with Crippen molar-refractivity contribution in [2.24, 2.45) is 0 Å². The molecule has 2 heterocycles. The average molecular weight is 434 g/mol. The molecule has 1 aliphatic rings. The predicted molar refractivity (Wildman–Crippen MR) is 116 cm³/mol. The minimum absolute atomic E-state index is 0.177. The van der Waals surface area contributed by atoms with Crippen LogP contribution in [0.15, 0.2) is 30.3 Å². The van der Waals surface area contributed by atoms with Crippen molar-refractivity contribution in [1.82, 2.24) is 14.9 Å². The number of rotatable bonds is 4. The third kappa shape index (κ3) is 4.71. The summed E-state index contributed by atoms with van der Waals surface area (Å²) in [5, 5.41) is 12.4. The van der Waals surface area contributed by atoms with Crippen molar-refractivity contribution in [3.05, 3.63) is 36.0 Å². The maximum atomic E-state index is 12.4. The lowest BCUT2D eigenvalue weighted by molar-refractivity contribution is 0.0972. The zero-order valence-electron chi connectivity index (χ0n) is 17.3. The van der Waals surface area contributed by atoms with Gasteiger partial charge in [0, 0.05) is 36.7 Å². The van der Waals surface area contributed by atoms with Gasteiger partial charge in [0.05, 0.1) is 11.8 Å². The summed E-state index contributed by atoms with van der Waals surface area (Å²) >= 11 is 0. The van der Waals surface area contributed by atoms with Gasteiger partial charge in [0.2, 0.25) is 0 Å². The standard InChI is InChI=1S/C20H27N5O4S/c1-20(2,30(3,28)29)16-12-17(21)24-18(23-16)13-4-6-14(7-5-13)22-19(27)25-10-8-15(26)9-11-25/h4-7,12,15,26H,8-11H2,1-3H3,(H,22,27)(H2,21,23,24). The number of sulfone groups is 1. The monoisotopic (exact) mass is 433 g/mol. The molecule has 4 N–H and O–H groups in total. The van der Waals surface area contributed by atoms with Crippen LogP contribution in [0.4, 0.5) is 16.3 Å².